The van der Waals surface area contributed by atoms with E-state index in [0.717, 1.165) is 39.5 Å². The van der Waals surface area contributed by atoms with Crippen molar-refractivity contribution in [2.45, 2.75) is 26.7 Å². The maximum atomic E-state index is 6.53. The molecule has 4 aromatic rings. The molecule has 4 heterocycles. The van der Waals surface area contributed by atoms with Crippen molar-refractivity contribution in [3.8, 4) is 0 Å². The maximum absolute atomic E-state index is 6.53. The maximum Gasteiger partial charge on any atom is 0.147 e. The Morgan fingerprint density at radius 1 is 1.04 bits per heavy atom. The van der Waals surface area contributed by atoms with Crippen LogP contribution in [-0.4, -0.2) is 24.3 Å². The number of hydrogen-bond donors (Lipinski definition) is 0. The summed E-state index contributed by atoms with van der Waals surface area (Å²) in [6.45, 7) is 3.96. The van der Waals surface area contributed by atoms with Crippen molar-refractivity contribution in [1.82, 2.24) is 24.3 Å². The summed E-state index contributed by atoms with van der Waals surface area (Å²) in [5.41, 5.74) is 4.57. The molecule has 0 aliphatic heterocycles. The zero-order valence-electron chi connectivity index (χ0n) is 13.5. The quantitative estimate of drug-likeness (QED) is 0.571. The molecule has 0 fully saturated rings. The van der Waals surface area contributed by atoms with Gasteiger partial charge in [0.25, 0.3) is 0 Å². The molecule has 0 saturated heterocycles. The largest absolute Gasteiger partial charge is 0.290 e. The second-order valence-electron chi connectivity index (χ2n) is 5.86. The second-order valence-corrected chi connectivity index (χ2v) is 6.22. The Morgan fingerprint density at radius 2 is 1.83 bits per heavy atom. The molecule has 0 unspecified atom stereocenters. The summed E-state index contributed by atoms with van der Waals surface area (Å²) in [5.74, 6) is 0.826. The molecule has 0 amide bonds. The SMILES string of the molecule is Cc1cc(C)nc(CCc2nc3c4cccnc4ccn3c2Cl)n1. The van der Waals surface area contributed by atoms with E-state index in [1.54, 1.807) is 6.20 Å². The molecule has 120 valence electrons. The average molecular weight is 338 g/mol. The number of aromatic nitrogens is 5. The van der Waals surface area contributed by atoms with Gasteiger partial charge in [-0.3, -0.25) is 9.38 Å². The normalized spacial score (nSPS) is 11.5. The van der Waals surface area contributed by atoms with Crippen LogP contribution in [0.3, 0.4) is 0 Å². The van der Waals surface area contributed by atoms with Gasteiger partial charge in [-0.05, 0) is 44.5 Å². The summed E-state index contributed by atoms with van der Waals surface area (Å²) in [4.78, 5) is 18.1. The fourth-order valence-corrected chi connectivity index (χ4v) is 3.24. The lowest BCUT2D eigenvalue weighted by atomic mass is 10.2. The highest BCUT2D eigenvalue weighted by Gasteiger charge is 2.13. The molecule has 0 aliphatic carbocycles. The summed E-state index contributed by atoms with van der Waals surface area (Å²) >= 11 is 6.53. The van der Waals surface area contributed by atoms with Gasteiger partial charge in [-0.1, -0.05) is 11.6 Å². The van der Waals surface area contributed by atoms with E-state index in [2.05, 4.69) is 15.0 Å². The van der Waals surface area contributed by atoms with Crippen LogP contribution in [0.2, 0.25) is 5.15 Å². The van der Waals surface area contributed by atoms with E-state index in [1.807, 2.05) is 48.7 Å². The Kier molecular flexibility index (Phi) is 3.65. The molecular formula is C18H16ClN5. The minimum absolute atomic E-state index is 0.639. The van der Waals surface area contributed by atoms with Crippen LogP contribution in [0.4, 0.5) is 0 Å². The molecule has 0 atom stereocenters. The predicted octanol–water partition coefficient (Wildman–Crippen LogP) is 3.73. The van der Waals surface area contributed by atoms with E-state index in [4.69, 9.17) is 16.6 Å². The van der Waals surface area contributed by atoms with Crippen LogP contribution < -0.4 is 0 Å². The van der Waals surface area contributed by atoms with Gasteiger partial charge in [-0.25, -0.2) is 15.0 Å². The molecule has 0 radical (unpaired) electrons. The summed E-state index contributed by atoms with van der Waals surface area (Å²) in [6.07, 6.45) is 5.10. The minimum Gasteiger partial charge on any atom is -0.290 e. The highest BCUT2D eigenvalue weighted by molar-refractivity contribution is 6.30. The first-order valence-electron chi connectivity index (χ1n) is 7.83. The van der Waals surface area contributed by atoms with Crippen LogP contribution in [-0.2, 0) is 12.8 Å². The van der Waals surface area contributed by atoms with Gasteiger partial charge in [-0.15, -0.1) is 0 Å². The zero-order chi connectivity index (χ0) is 16.7. The van der Waals surface area contributed by atoms with E-state index in [9.17, 15) is 0 Å². The predicted molar refractivity (Wildman–Crippen MR) is 94.4 cm³/mol. The number of hydrogen-bond acceptors (Lipinski definition) is 4. The number of pyridine rings is 2. The molecule has 0 N–H and O–H groups in total. The Bertz CT molecular complexity index is 1030. The van der Waals surface area contributed by atoms with E-state index in [1.165, 1.54) is 0 Å². The Morgan fingerprint density at radius 3 is 2.62 bits per heavy atom. The van der Waals surface area contributed by atoms with Gasteiger partial charge in [-0.2, -0.15) is 0 Å². The van der Waals surface area contributed by atoms with E-state index >= 15 is 0 Å². The minimum atomic E-state index is 0.639. The van der Waals surface area contributed by atoms with Crippen molar-refractivity contribution in [3.63, 3.8) is 0 Å². The molecule has 0 spiro atoms. The second kappa shape index (κ2) is 5.83. The van der Waals surface area contributed by atoms with Crippen molar-refractivity contribution in [1.29, 1.82) is 0 Å². The molecule has 4 rings (SSSR count). The summed E-state index contributed by atoms with van der Waals surface area (Å²) in [7, 11) is 0. The van der Waals surface area contributed by atoms with Gasteiger partial charge in [0.1, 0.15) is 16.6 Å². The van der Waals surface area contributed by atoms with Crippen molar-refractivity contribution < 1.29 is 0 Å². The van der Waals surface area contributed by atoms with Crippen molar-refractivity contribution >= 4 is 28.2 Å². The number of imidazole rings is 1. The van der Waals surface area contributed by atoms with Crippen LogP contribution in [0.5, 0.6) is 0 Å². The van der Waals surface area contributed by atoms with Crippen molar-refractivity contribution in [3.05, 3.63) is 64.7 Å². The molecule has 0 saturated carbocycles. The van der Waals surface area contributed by atoms with E-state index in [0.29, 0.717) is 18.0 Å². The molecule has 24 heavy (non-hydrogen) atoms. The smallest absolute Gasteiger partial charge is 0.147 e. The van der Waals surface area contributed by atoms with E-state index < -0.39 is 0 Å². The lowest BCUT2D eigenvalue weighted by Gasteiger charge is -2.02. The zero-order valence-corrected chi connectivity index (χ0v) is 14.2. The first kappa shape index (κ1) is 15.0. The van der Waals surface area contributed by atoms with Gasteiger partial charge in [0.05, 0.1) is 11.2 Å². The van der Waals surface area contributed by atoms with Crippen LogP contribution in [0.1, 0.15) is 22.9 Å². The number of halogens is 1. The lowest BCUT2D eigenvalue weighted by molar-refractivity contribution is 0.822. The topological polar surface area (TPSA) is 56.0 Å². The van der Waals surface area contributed by atoms with E-state index in [-0.39, 0.29) is 0 Å². The van der Waals surface area contributed by atoms with Crippen LogP contribution in [0.15, 0.2) is 36.7 Å². The Labute approximate surface area is 144 Å². The standard InChI is InChI=1S/C18H16ClN5/c1-11-10-12(2)22-16(21-11)6-5-15-17(19)24-9-7-14-13(18(24)23-15)4-3-8-20-14/h3-4,7-10H,5-6H2,1-2H3. The fraction of sp³-hybridized carbons (Fsp3) is 0.222. The molecule has 4 aromatic heterocycles. The highest BCUT2D eigenvalue weighted by atomic mass is 35.5. The Hall–Kier alpha value is -2.53. The van der Waals surface area contributed by atoms with Gasteiger partial charge >= 0.3 is 0 Å². The molecule has 0 bridgehead atoms. The van der Waals surface area contributed by atoms with Crippen molar-refractivity contribution in [2.75, 3.05) is 0 Å². The first-order chi connectivity index (χ1) is 11.6. The molecule has 5 nitrogen and oxygen atoms in total. The fourth-order valence-electron chi connectivity index (χ4n) is 2.97. The third kappa shape index (κ3) is 2.61. The summed E-state index contributed by atoms with van der Waals surface area (Å²) in [5, 5.41) is 1.64. The molecule has 6 heteroatoms. The molecular weight excluding hydrogens is 322 g/mol. The molecule has 0 aromatic carbocycles. The number of rotatable bonds is 3. The number of aryl methyl sites for hydroxylation is 4. The number of fused-ring (bicyclic) bond motifs is 3. The van der Waals surface area contributed by atoms with Gasteiger partial charge in [0.15, 0.2) is 0 Å². The monoisotopic (exact) mass is 337 g/mol. The van der Waals surface area contributed by atoms with Crippen LogP contribution in [0, 0.1) is 13.8 Å². The summed E-state index contributed by atoms with van der Waals surface area (Å²) in [6, 6.07) is 7.85. The van der Waals surface area contributed by atoms with Gasteiger partial charge in [0, 0.05) is 35.6 Å². The highest BCUT2D eigenvalue weighted by Crippen LogP contribution is 2.24. The van der Waals surface area contributed by atoms with Gasteiger partial charge < -0.3 is 0 Å². The molecule has 0 aliphatic rings. The third-order valence-electron chi connectivity index (χ3n) is 3.99. The summed E-state index contributed by atoms with van der Waals surface area (Å²) < 4.78 is 1.91. The first-order valence-corrected chi connectivity index (χ1v) is 8.21. The third-order valence-corrected chi connectivity index (χ3v) is 4.39. The van der Waals surface area contributed by atoms with Crippen LogP contribution in [0.25, 0.3) is 16.6 Å². The lowest BCUT2D eigenvalue weighted by Crippen LogP contribution is -2.01. The van der Waals surface area contributed by atoms with Crippen LogP contribution >= 0.6 is 11.6 Å². The number of nitrogens with zero attached hydrogens (tertiary/aromatic N) is 5. The van der Waals surface area contributed by atoms with Gasteiger partial charge in [0.2, 0.25) is 0 Å². The Balaban J connectivity index is 1.71. The van der Waals surface area contributed by atoms with Crippen molar-refractivity contribution in [2.24, 2.45) is 0 Å². The average Bonchev–Trinajstić information content (AvgIpc) is 2.89.